The van der Waals surface area contributed by atoms with E-state index < -0.39 is 0 Å². The minimum absolute atomic E-state index is 0.392. The van der Waals surface area contributed by atoms with E-state index in [0.29, 0.717) is 12.0 Å². The first-order valence-electron chi connectivity index (χ1n) is 6.00. The van der Waals surface area contributed by atoms with E-state index in [1.54, 1.807) is 24.4 Å². The number of aromatic nitrogens is 4. The van der Waals surface area contributed by atoms with E-state index in [-0.39, 0.29) is 0 Å². The van der Waals surface area contributed by atoms with Gasteiger partial charge in [-0.2, -0.15) is 0 Å². The van der Waals surface area contributed by atoms with E-state index in [2.05, 4.69) is 28.8 Å². The van der Waals surface area contributed by atoms with Crippen molar-refractivity contribution in [1.29, 1.82) is 0 Å². The fourth-order valence-corrected chi connectivity index (χ4v) is 3.29. The second-order valence-corrected chi connectivity index (χ2v) is 5.82. The number of fused-ring (bicyclic) bond motifs is 1. The largest absolute Gasteiger partial charge is 0.330 e. The molecule has 0 saturated heterocycles. The topological polar surface area (TPSA) is 56.0 Å². The molecule has 0 bridgehead atoms. The Labute approximate surface area is 110 Å². The maximum atomic E-state index is 4.78. The molecule has 0 fully saturated rings. The number of imidazole rings is 1. The second kappa shape index (κ2) is 4.35. The molecule has 3 heterocycles. The Morgan fingerprint density at radius 2 is 2.17 bits per heavy atom. The van der Waals surface area contributed by atoms with Gasteiger partial charge in [0.2, 0.25) is 0 Å². The van der Waals surface area contributed by atoms with Crippen LogP contribution in [-0.2, 0) is 7.05 Å². The maximum absolute atomic E-state index is 4.78. The molecule has 2 aromatic heterocycles. The molecule has 6 heteroatoms. The van der Waals surface area contributed by atoms with Crippen molar-refractivity contribution in [2.45, 2.75) is 19.9 Å². The fraction of sp³-hybridized carbons (Fsp3) is 0.500. The van der Waals surface area contributed by atoms with Gasteiger partial charge in [-0.1, -0.05) is 13.8 Å². The van der Waals surface area contributed by atoms with Crippen LogP contribution in [0.15, 0.2) is 17.6 Å². The standard InChI is InChI=1S/C12H15N5S/c1-7(2)8-4-18-12(16-8)9-10-11(14-5-13-9)15-6-17(10)3/h5-8H,4H2,1-3H3. The van der Waals surface area contributed by atoms with Crippen molar-refractivity contribution in [3.8, 4) is 0 Å². The minimum Gasteiger partial charge on any atom is -0.330 e. The van der Waals surface area contributed by atoms with Crippen LogP contribution in [-0.4, -0.2) is 36.4 Å². The molecule has 3 rings (SSSR count). The zero-order valence-corrected chi connectivity index (χ0v) is 11.5. The zero-order valence-electron chi connectivity index (χ0n) is 10.7. The smallest absolute Gasteiger partial charge is 0.181 e. The fourth-order valence-electron chi connectivity index (χ4n) is 2.00. The Hall–Kier alpha value is -1.43. The van der Waals surface area contributed by atoms with E-state index in [4.69, 9.17) is 4.99 Å². The van der Waals surface area contributed by atoms with Crippen molar-refractivity contribution in [2.24, 2.45) is 18.0 Å². The highest BCUT2D eigenvalue weighted by atomic mass is 32.2. The first-order chi connectivity index (χ1) is 8.66. The molecule has 0 aliphatic carbocycles. The summed E-state index contributed by atoms with van der Waals surface area (Å²) in [5.74, 6) is 1.61. The normalized spacial score (nSPS) is 19.8. The maximum Gasteiger partial charge on any atom is 0.181 e. The van der Waals surface area contributed by atoms with Gasteiger partial charge in [-0.3, -0.25) is 4.99 Å². The summed E-state index contributed by atoms with van der Waals surface area (Å²) in [6.45, 7) is 4.41. The van der Waals surface area contributed by atoms with Crippen LogP contribution < -0.4 is 0 Å². The molecule has 0 spiro atoms. The lowest BCUT2D eigenvalue weighted by Crippen LogP contribution is -2.11. The summed E-state index contributed by atoms with van der Waals surface area (Å²) in [4.78, 5) is 17.6. The van der Waals surface area contributed by atoms with Crippen molar-refractivity contribution in [3.05, 3.63) is 18.3 Å². The lowest BCUT2D eigenvalue weighted by molar-refractivity contribution is 0.543. The highest BCUT2D eigenvalue weighted by Gasteiger charge is 2.25. The molecule has 1 aliphatic rings. The monoisotopic (exact) mass is 261 g/mol. The Bertz CT molecular complexity index is 616. The summed E-state index contributed by atoms with van der Waals surface area (Å²) in [6, 6.07) is 0.392. The van der Waals surface area contributed by atoms with Gasteiger partial charge < -0.3 is 4.57 Å². The van der Waals surface area contributed by atoms with Gasteiger partial charge in [0.25, 0.3) is 0 Å². The summed E-state index contributed by atoms with van der Waals surface area (Å²) in [5.41, 5.74) is 2.61. The van der Waals surface area contributed by atoms with Gasteiger partial charge >= 0.3 is 0 Å². The van der Waals surface area contributed by atoms with Gasteiger partial charge in [0.05, 0.1) is 12.4 Å². The van der Waals surface area contributed by atoms with Crippen LogP contribution in [0, 0.1) is 5.92 Å². The van der Waals surface area contributed by atoms with Crippen molar-refractivity contribution in [2.75, 3.05) is 5.75 Å². The first-order valence-corrected chi connectivity index (χ1v) is 6.98. The van der Waals surface area contributed by atoms with Crippen LogP contribution in [0.3, 0.4) is 0 Å². The van der Waals surface area contributed by atoms with E-state index in [1.807, 2.05) is 11.6 Å². The number of hydrogen-bond donors (Lipinski definition) is 0. The summed E-state index contributed by atoms with van der Waals surface area (Å²) in [5, 5.41) is 1.02. The molecule has 0 aromatic carbocycles. The lowest BCUT2D eigenvalue weighted by atomic mass is 10.1. The Kier molecular flexibility index (Phi) is 2.81. The highest BCUT2D eigenvalue weighted by molar-refractivity contribution is 8.14. The minimum atomic E-state index is 0.392. The molecule has 0 radical (unpaired) electrons. The van der Waals surface area contributed by atoms with Crippen molar-refractivity contribution in [3.63, 3.8) is 0 Å². The molecule has 1 aliphatic heterocycles. The van der Waals surface area contributed by atoms with E-state index in [9.17, 15) is 0 Å². The number of thioether (sulfide) groups is 1. The van der Waals surface area contributed by atoms with E-state index >= 15 is 0 Å². The third-order valence-electron chi connectivity index (χ3n) is 3.15. The Morgan fingerprint density at radius 1 is 1.33 bits per heavy atom. The molecular formula is C12H15N5S. The molecular weight excluding hydrogens is 246 g/mol. The predicted molar refractivity (Wildman–Crippen MR) is 73.9 cm³/mol. The highest BCUT2D eigenvalue weighted by Crippen LogP contribution is 2.28. The number of rotatable bonds is 2. The molecule has 0 saturated carbocycles. The van der Waals surface area contributed by atoms with Crippen molar-refractivity contribution < 1.29 is 0 Å². The third kappa shape index (κ3) is 1.80. The average Bonchev–Trinajstić information content (AvgIpc) is 2.96. The molecule has 5 nitrogen and oxygen atoms in total. The van der Waals surface area contributed by atoms with Crippen molar-refractivity contribution >= 4 is 28.0 Å². The lowest BCUT2D eigenvalue weighted by Gasteiger charge is -2.08. The van der Waals surface area contributed by atoms with Crippen LogP contribution >= 0.6 is 11.8 Å². The zero-order chi connectivity index (χ0) is 12.7. The van der Waals surface area contributed by atoms with Gasteiger partial charge in [-0.15, -0.1) is 11.8 Å². The quantitative estimate of drug-likeness (QED) is 0.828. The molecule has 94 valence electrons. The van der Waals surface area contributed by atoms with Gasteiger partial charge in [0, 0.05) is 12.8 Å². The first kappa shape index (κ1) is 11.6. The van der Waals surface area contributed by atoms with Gasteiger partial charge in [0.15, 0.2) is 5.65 Å². The van der Waals surface area contributed by atoms with Crippen LogP contribution in [0.2, 0.25) is 0 Å². The predicted octanol–water partition coefficient (Wildman–Crippen LogP) is 1.88. The summed E-state index contributed by atoms with van der Waals surface area (Å²) >= 11 is 1.78. The van der Waals surface area contributed by atoms with Gasteiger partial charge in [-0.05, 0) is 5.92 Å². The number of nitrogens with zero attached hydrogens (tertiary/aromatic N) is 5. The third-order valence-corrected chi connectivity index (χ3v) is 4.24. The number of aryl methyl sites for hydroxylation is 1. The SMILES string of the molecule is CC(C)C1CSC(c2ncnc3ncn(C)c23)=N1. The second-order valence-electron chi connectivity index (χ2n) is 4.81. The Balaban J connectivity index is 2.10. The summed E-state index contributed by atoms with van der Waals surface area (Å²) in [6.07, 6.45) is 3.33. The summed E-state index contributed by atoms with van der Waals surface area (Å²) < 4.78 is 1.95. The van der Waals surface area contributed by atoms with Crippen molar-refractivity contribution in [1.82, 2.24) is 19.5 Å². The average molecular weight is 261 g/mol. The van der Waals surface area contributed by atoms with Crippen LogP contribution in [0.25, 0.3) is 11.2 Å². The summed E-state index contributed by atoms with van der Waals surface area (Å²) in [7, 11) is 1.96. The van der Waals surface area contributed by atoms with Crippen LogP contribution in [0.1, 0.15) is 19.5 Å². The molecule has 1 atom stereocenters. The van der Waals surface area contributed by atoms with Crippen LogP contribution in [0.5, 0.6) is 0 Å². The molecule has 18 heavy (non-hydrogen) atoms. The molecule has 0 N–H and O–H groups in total. The van der Waals surface area contributed by atoms with E-state index in [1.165, 1.54) is 0 Å². The van der Waals surface area contributed by atoms with Gasteiger partial charge in [0.1, 0.15) is 22.6 Å². The number of hydrogen-bond acceptors (Lipinski definition) is 5. The van der Waals surface area contributed by atoms with Crippen LogP contribution in [0.4, 0.5) is 0 Å². The molecule has 1 unspecified atom stereocenters. The molecule has 2 aromatic rings. The Morgan fingerprint density at radius 3 is 2.89 bits per heavy atom. The van der Waals surface area contributed by atoms with E-state index in [0.717, 1.165) is 27.7 Å². The van der Waals surface area contributed by atoms with Gasteiger partial charge in [-0.25, -0.2) is 15.0 Å². The number of aliphatic imine (C=N–C) groups is 1. The molecule has 0 amide bonds.